The van der Waals surface area contributed by atoms with Crippen LogP contribution < -0.4 is 15.4 Å². The molecule has 0 saturated carbocycles. The molecule has 1 heterocycles. The van der Waals surface area contributed by atoms with Crippen LogP contribution in [-0.2, 0) is 11.3 Å². The summed E-state index contributed by atoms with van der Waals surface area (Å²) in [5.41, 5.74) is 1.11. The zero-order valence-corrected chi connectivity index (χ0v) is 14.7. The van der Waals surface area contributed by atoms with Gasteiger partial charge in [-0.3, -0.25) is 14.3 Å². The number of nitrogens with zero attached hydrogens (tertiary/aromatic N) is 2. The van der Waals surface area contributed by atoms with Crippen LogP contribution in [0.2, 0.25) is 0 Å². The predicted molar refractivity (Wildman–Crippen MR) is 102 cm³/mol. The van der Waals surface area contributed by atoms with Crippen molar-refractivity contribution in [2.75, 3.05) is 18.5 Å². The maximum Gasteiger partial charge on any atom is 0.251 e. The molecule has 138 valence electrons. The number of rotatable bonds is 8. The fourth-order valence-corrected chi connectivity index (χ4v) is 2.41. The van der Waals surface area contributed by atoms with E-state index in [2.05, 4.69) is 15.7 Å². The van der Waals surface area contributed by atoms with Crippen LogP contribution in [0.3, 0.4) is 0 Å². The number of carbonyl (C=O) groups is 2. The van der Waals surface area contributed by atoms with Crippen LogP contribution >= 0.6 is 0 Å². The van der Waals surface area contributed by atoms with E-state index in [0.29, 0.717) is 30.2 Å². The van der Waals surface area contributed by atoms with Crippen LogP contribution in [0.1, 0.15) is 10.4 Å². The van der Waals surface area contributed by atoms with Crippen molar-refractivity contribution in [3.8, 4) is 5.75 Å². The number of carbonyl (C=O) groups excluding carboxylic acids is 2. The van der Waals surface area contributed by atoms with Crippen LogP contribution in [0.15, 0.2) is 73.1 Å². The minimum Gasteiger partial charge on any atom is -0.492 e. The minimum absolute atomic E-state index is 0.113. The molecule has 2 amide bonds. The summed E-state index contributed by atoms with van der Waals surface area (Å²) in [4.78, 5) is 24.0. The van der Waals surface area contributed by atoms with Gasteiger partial charge in [-0.1, -0.05) is 24.3 Å². The molecule has 7 heteroatoms. The van der Waals surface area contributed by atoms with Gasteiger partial charge in [0.25, 0.3) is 5.91 Å². The van der Waals surface area contributed by atoms with Gasteiger partial charge >= 0.3 is 0 Å². The van der Waals surface area contributed by atoms with Gasteiger partial charge in [0.05, 0.1) is 13.1 Å². The maximum absolute atomic E-state index is 12.1. The van der Waals surface area contributed by atoms with E-state index in [4.69, 9.17) is 4.74 Å². The summed E-state index contributed by atoms with van der Waals surface area (Å²) < 4.78 is 7.45. The van der Waals surface area contributed by atoms with Gasteiger partial charge in [0.15, 0.2) is 0 Å². The van der Waals surface area contributed by atoms with Crippen molar-refractivity contribution in [1.82, 2.24) is 15.1 Å². The van der Waals surface area contributed by atoms with E-state index >= 15 is 0 Å². The van der Waals surface area contributed by atoms with E-state index in [0.717, 1.165) is 0 Å². The third-order valence-corrected chi connectivity index (χ3v) is 3.71. The first-order valence-corrected chi connectivity index (χ1v) is 8.54. The average Bonchev–Trinajstić information content (AvgIpc) is 3.21. The predicted octanol–water partition coefficient (Wildman–Crippen LogP) is 2.33. The molecule has 7 nitrogen and oxygen atoms in total. The zero-order chi connectivity index (χ0) is 18.9. The van der Waals surface area contributed by atoms with Gasteiger partial charge in [-0.15, -0.1) is 0 Å². The third kappa shape index (κ3) is 5.71. The Balaban J connectivity index is 1.45. The lowest BCUT2D eigenvalue weighted by molar-refractivity contribution is -0.115. The highest BCUT2D eigenvalue weighted by atomic mass is 16.5. The molecule has 0 unspecified atom stereocenters. The Morgan fingerprint density at radius 3 is 2.67 bits per heavy atom. The van der Waals surface area contributed by atoms with Crippen molar-refractivity contribution in [2.45, 2.75) is 6.54 Å². The highest BCUT2D eigenvalue weighted by Crippen LogP contribution is 2.17. The fraction of sp³-hybridized carbons (Fsp3) is 0.150. The molecular weight excluding hydrogens is 344 g/mol. The van der Waals surface area contributed by atoms with Crippen molar-refractivity contribution >= 4 is 17.5 Å². The number of anilines is 1. The SMILES string of the molecule is O=C(CNC(=O)c1ccccc1)Nc1cccc(OCCn2cccn2)c1. The van der Waals surface area contributed by atoms with Crippen LogP contribution in [0.25, 0.3) is 0 Å². The number of hydrogen-bond donors (Lipinski definition) is 2. The van der Waals surface area contributed by atoms with Crippen molar-refractivity contribution in [2.24, 2.45) is 0 Å². The summed E-state index contributed by atoms with van der Waals surface area (Å²) in [6.45, 7) is 0.986. The zero-order valence-electron chi connectivity index (χ0n) is 14.7. The van der Waals surface area contributed by atoms with Crippen LogP contribution in [-0.4, -0.2) is 34.7 Å². The number of benzene rings is 2. The first-order valence-electron chi connectivity index (χ1n) is 8.54. The molecule has 0 spiro atoms. The van der Waals surface area contributed by atoms with Crippen LogP contribution in [0, 0.1) is 0 Å². The molecule has 0 bridgehead atoms. The fourth-order valence-electron chi connectivity index (χ4n) is 2.41. The molecule has 3 aromatic rings. The lowest BCUT2D eigenvalue weighted by atomic mass is 10.2. The summed E-state index contributed by atoms with van der Waals surface area (Å²) in [7, 11) is 0. The van der Waals surface area contributed by atoms with E-state index in [1.165, 1.54) is 0 Å². The molecule has 0 radical (unpaired) electrons. The standard InChI is InChI=1S/C20H20N4O3/c25-19(15-21-20(26)16-6-2-1-3-7-16)23-17-8-4-9-18(14-17)27-13-12-24-11-5-10-22-24/h1-11,14H,12-13,15H2,(H,21,26)(H,23,25). The second-order valence-electron chi connectivity index (χ2n) is 5.74. The van der Waals surface area contributed by atoms with E-state index in [-0.39, 0.29) is 18.4 Å². The first kappa shape index (κ1) is 18.2. The molecule has 1 aromatic heterocycles. The molecule has 0 saturated heterocycles. The second kappa shape index (κ2) is 9.19. The quantitative estimate of drug-likeness (QED) is 0.642. The van der Waals surface area contributed by atoms with Crippen molar-refractivity contribution in [3.05, 3.63) is 78.6 Å². The van der Waals surface area contributed by atoms with Gasteiger partial charge in [-0.25, -0.2) is 0 Å². The Morgan fingerprint density at radius 2 is 1.89 bits per heavy atom. The molecule has 2 aromatic carbocycles. The Hall–Kier alpha value is -3.61. The van der Waals surface area contributed by atoms with E-state index in [1.54, 1.807) is 53.3 Å². The van der Waals surface area contributed by atoms with E-state index in [1.807, 2.05) is 24.4 Å². The average molecular weight is 364 g/mol. The van der Waals surface area contributed by atoms with E-state index < -0.39 is 0 Å². The molecule has 3 rings (SSSR count). The van der Waals surface area contributed by atoms with Crippen molar-refractivity contribution in [1.29, 1.82) is 0 Å². The minimum atomic E-state index is -0.312. The maximum atomic E-state index is 12.1. The first-order chi connectivity index (χ1) is 13.2. The van der Waals surface area contributed by atoms with Gasteiger partial charge in [-0.05, 0) is 30.3 Å². The summed E-state index contributed by atoms with van der Waals surface area (Å²) in [5, 5.41) is 9.44. The molecule has 0 fully saturated rings. The Morgan fingerprint density at radius 1 is 1.04 bits per heavy atom. The van der Waals surface area contributed by atoms with Crippen molar-refractivity contribution < 1.29 is 14.3 Å². The smallest absolute Gasteiger partial charge is 0.251 e. The molecular formula is C20H20N4O3. The van der Waals surface area contributed by atoms with Crippen molar-refractivity contribution in [3.63, 3.8) is 0 Å². The van der Waals surface area contributed by atoms with Crippen LogP contribution in [0.4, 0.5) is 5.69 Å². The van der Waals surface area contributed by atoms with Gasteiger partial charge in [0.2, 0.25) is 5.91 Å². The molecule has 0 aliphatic heterocycles. The summed E-state index contributed by atoms with van der Waals surface area (Å²) in [6.07, 6.45) is 3.58. The molecule has 0 aliphatic rings. The summed E-state index contributed by atoms with van der Waals surface area (Å²) in [6, 6.07) is 17.7. The molecule has 0 aliphatic carbocycles. The van der Waals surface area contributed by atoms with Gasteiger partial charge < -0.3 is 15.4 Å². The third-order valence-electron chi connectivity index (χ3n) is 3.71. The Bertz CT molecular complexity index is 879. The van der Waals surface area contributed by atoms with Crippen LogP contribution in [0.5, 0.6) is 5.75 Å². The highest BCUT2D eigenvalue weighted by molar-refractivity contribution is 5.99. The number of hydrogen-bond acceptors (Lipinski definition) is 4. The van der Waals surface area contributed by atoms with Gasteiger partial charge in [0, 0.05) is 29.7 Å². The largest absolute Gasteiger partial charge is 0.492 e. The number of ether oxygens (including phenoxy) is 1. The molecule has 27 heavy (non-hydrogen) atoms. The highest BCUT2D eigenvalue weighted by Gasteiger charge is 2.08. The Kier molecular flexibility index (Phi) is 6.19. The monoisotopic (exact) mass is 364 g/mol. The topological polar surface area (TPSA) is 85.3 Å². The number of nitrogens with one attached hydrogen (secondary N) is 2. The lowest BCUT2D eigenvalue weighted by Gasteiger charge is -2.10. The summed E-state index contributed by atoms with van der Waals surface area (Å²) >= 11 is 0. The summed E-state index contributed by atoms with van der Waals surface area (Å²) in [5.74, 6) is 0.0442. The molecule has 0 atom stereocenters. The van der Waals surface area contributed by atoms with E-state index in [9.17, 15) is 9.59 Å². The normalized spacial score (nSPS) is 10.2. The number of aromatic nitrogens is 2. The van der Waals surface area contributed by atoms with Gasteiger partial charge in [0.1, 0.15) is 12.4 Å². The van der Waals surface area contributed by atoms with Gasteiger partial charge in [-0.2, -0.15) is 5.10 Å². The Labute approximate surface area is 157 Å². The molecule has 2 N–H and O–H groups in total. The number of amides is 2. The second-order valence-corrected chi connectivity index (χ2v) is 5.74. The lowest BCUT2D eigenvalue weighted by Crippen LogP contribution is -2.32.